The molecule has 2 aliphatic heterocycles. The van der Waals surface area contributed by atoms with E-state index in [-0.39, 0.29) is 17.9 Å². The highest BCUT2D eigenvalue weighted by molar-refractivity contribution is 5.89. The first-order chi connectivity index (χ1) is 9.51. The summed E-state index contributed by atoms with van der Waals surface area (Å²) >= 11 is 0. The van der Waals surface area contributed by atoms with Crippen LogP contribution in [0.5, 0.6) is 0 Å². The maximum atomic E-state index is 11.8. The van der Waals surface area contributed by atoms with Crippen LogP contribution in [0.25, 0.3) is 0 Å². The fourth-order valence-corrected chi connectivity index (χ4v) is 3.30. The molecule has 20 heavy (non-hydrogen) atoms. The molecule has 0 radical (unpaired) electrons. The monoisotopic (exact) mass is 283 g/mol. The molecule has 2 fully saturated rings. The van der Waals surface area contributed by atoms with Gasteiger partial charge in [-0.1, -0.05) is 0 Å². The summed E-state index contributed by atoms with van der Waals surface area (Å²) in [7, 11) is 2.81. The second-order valence-electron chi connectivity index (χ2n) is 5.38. The minimum atomic E-state index is -0.758. The minimum absolute atomic E-state index is 0.0723. The predicted octanol–water partition coefficient (Wildman–Crippen LogP) is 0.549. The highest BCUT2D eigenvalue weighted by atomic mass is 16.7. The van der Waals surface area contributed by atoms with Crippen LogP contribution in [0.1, 0.15) is 13.3 Å². The number of carbonyl (C=O) groups is 2. The fourth-order valence-electron chi connectivity index (χ4n) is 3.30. The normalized spacial score (nSPS) is 40.6. The molecule has 0 spiro atoms. The van der Waals surface area contributed by atoms with Gasteiger partial charge in [0.2, 0.25) is 0 Å². The summed E-state index contributed by atoms with van der Waals surface area (Å²) in [5, 5.41) is 2.38. The van der Waals surface area contributed by atoms with Gasteiger partial charge in [0.1, 0.15) is 5.60 Å². The van der Waals surface area contributed by atoms with Gasteiger partial charge in [-0.05, 0) is 13.3 Å². The smallest absolute Gasteiger partial charge is 0.409 e. The molecular weight excluding hydrogens is 266 g/mol. The summed E-state index contributed by atoms with van der Waals surface area (Å²) in [6.45, 7) is 1.95. The van der Waals surface area contributed by atoms with Crippen molar-refractivity contribution in [2.24, 2.45) is 11.8 Å². The lowest BCUT2D eigenvalue weighted by Crippen LogP contribution is -2.44. The third-order valence-electron chi connectivity index (χ3n) is 4.41. The molecule has 3 aliphatic rings. The van der Waals surface area contributed by atoms with E-state index in [1.807, 2.05) is 6.92 Å². The van der Waals surface area contributed by atoms with E-state index in [9.17, 15) is 9.59 Å². The van der Waals surface area contributed by atoms with Gasteiger partial charge in [-0.2, -0.15) is 0 Å². The van der Waals surface area contributed by atoms with Crippen molar-refractivity contribution in [3.8, 4) is 0 Å². The van der Waals surface area contributed by atoms with Crippen molar-refractivity contribution in [2.75, 3.05) is 14.2 Å². The Morgan fingerprint density at radius 3 is 2.90 bits per heavy atom. The first kappa shape index (κ1) is 13.2. The number of ether oxygens (including phenoxy) is 4. The molecule has 5 atom stereocenters. The van der Waals surface area contributed by atoms with Crippen LogP contribution in [-0.2, 0) is 23.7 Å². The van der Waals surface area contributed by atoms with Gasteiger partial charge in [0.25, 0.3) is 6.29 Å². The number of epoxide rings is 1. The molecule has 1 amide bonds. The zero-order valence-electron chi connectivity index (χ0n) is 11.5. The second kappa shape index (κ2) is 4.37. The predicted molar refractivity (Wildman–Crippen MR) is 65.4 cm³/mol. The van der Waals surface area contributed by atoms with E-state index in [0.717, 1.165) is 0 Å². The highest BCUT2D eigenvalue weighted by Crippen LogP contribution is 2.60. The topological polar surface area (TPSA) is 86.4 Å². The number of carbonyl (C=O) groups excluding carboxylic acids is 2. The first-order valence-corrected chi connectivity index (χ1v) is 6.51. The van der Waals surface area contributed by atoms with E-state index in [1.54, 1.807) is 0 Å². The Labute approximate surface area is 116 Å². The second-order valence-corrected chi connectivity index (χ2v) is 5.38. The van der Waals surface area contributed by atoms with Crippen molar-refractivity contribution >= 4 is 12.1 Å². The molecule has 0 bridgehead atoms. The third kappa shape index (κ3) is 1.76. The average Bonchev–Trinajstić information content (AvgIpc) is 3.00. The first-order valence-electron chi connectivity index (χ1n) is 6.51. The maximum absolute atomic E-state index is 11.8. The Hall–Kier alpha value is -1.76. The van der Waals surface area contributed by atoms with Crippen LogP contribution in [0.4, 0.5) is 4.79 Å². The Balaban J connectivity index is 1.86. The Bertz CT molecular complexity index is 489. The maximum Gasteiger partial charge on any atom is 0.409 e. The van der Waals surface area contributed by atoms with Gasteiger partial charge >= 0.3 is 12.1 Å². The standard InChI is InChI=1S/C13H17NO6/c1-13-8(20-13)4-6-7(10(15)17-3)5-18-11(9(6)13)19-12(16)14-2/h5-6,8-9,11H,4H2,1-3H3,(H,14,16)/t6?,8?,9?,11?,13-/m1/s1. The lowest BCUT2D eigenvalue weighted by Gasteiger charge is -2.35. The molecule has 1 aliphatic carbocycles. The summed E-state index contributed by atoms with van der Waals surface area (Å²) in [4.78, 5) is 23.2. The SMILES string of the molecule is CNC(=O)OC1OC=C(C(=O)OC)C2CC3O[C@@]3(C)C12. The molecule has 2 heterocycles. The lowest BCUT2D eigenvalue weighted by atomic mass is 9.82. The summed E-state index contributed by atoms with van der Waals surface area (Å²) in [5.41, 5.74) is 0.0722. The van der Waals surface area contributed by atoms with Crippen LogP contribution in [0.2, 0.25) is 0 Å². The van der Waals surface area contributed by atoms with Crippen LogP contribution < -0.4 is 5.32 Å². The summed E-state index contributed by atoms with van der Waals surface area (Å²) in [5.74, 6) is -0.693. The Kier molecular flexibility index (Phi) is 2.89. The van der Waals surface area contributed by atoms with Gasteiger partial charge in [0.05, 0.1) is 31.0 Å². The van der Waals surface area contributed by atoms with E-state index in [1.165, 1.54) is 20.4 Å². The molecule has 1 N–H and O–H groups in total. The number of esters is 1. The van der Waals surface area contributed by atoms with Crippen molar-refractivity contribution in [1.29, 1.82) is 0 Å². The van der Waals surface area contributed by atoms with Crippen LogP contribution >= 0.6 is 0 Å². The molecular formula is C13H17NO6. The van der Waals surface area contributed by atoms with Gasteiger partial charge in [0.15, 0.2) is 0 Å². The lowest BCUT2D eigenvalue weighted by molar-refractivity contribution is -0.150. The number of alkyl carbamates (subject to hydrolysis) is 1. The Morgan fingerprint density at radius 1 is 1.50 bits per heavy atom. The summed E-state index contributed by atoms with van der Waals surface area (Å²) < 4.78 is 21.1. The van der Waals surface area contributed by atoms with Crippen molar-refractivity contribution < 1.29 is 28.5 Å². The molecule has 0 aromatic heterocycles. The average molecular weight is 283 g/mol. The zero-order chi connectivity index (χ0) is 14.5. The number of methoxy groups -OCH3 is 1. The van der Waals surface area contributed by atoms with Crippen molar-refractivity contribution in [2.45, 2.75) is 31.3 Å². The third-order valence-corrected chi connectivity index (χ3v) is 4.41. The molecule has 0 aromatic rings. The number of hydrogen-bond donors (Lipinski definition) is 1. The molecule has 4 unspecified atom stereocenters. The molecule has 1 saturated heterocycles. The van der Waals surface area contributed by atoms with Gasteiger partial charge in [-0.15, -0.1) is 0 Å². The zero-order valence-corrected chi connectivity index (χ0v) is 11.5. The summed E-state index contributed by atoms with van der Waals surface area (Å²) in [6, 6.07) is 0. The highest BCUT2D eigenvalue weighted by Gasteiger charge is 2.71. The van der Waals surface area contributed by atoms with Crippen molar-refractivity contribution in [3.63, 3.8) is 0 Å². The number of fused-ring (bicyclic) bond motifs is 3. The number of nitrogens with one attached hydrogen (secondary N) is 1. The quantitative estimate of drug-likeness (QED) is 0.588. The van der Waals surface area contributed by atoms with Crippen LogP contribution in [0, 0.1) is 11.8 Å². The molecule has 3 rings (SSSR count). The van der Waals surface area contributed by atoms with Gasteiger partial charge in [-0.3, -0.25) is 0 Å². The van der Waals surface area contributed by atoms with Crippen molar-refractivity contribution in [1.82, 2.24) is 5.32 Å². The largest absolute Gasteiger partial charge is 0.466 e. The van der Waals surface area contributed by atoms with Gasteiger partial charge in [0, 0.05) is 13.0 Å². The molecule has 7 nitrogen and oxygen atoms in total. The van der Waals surface area contributed by atoms with Gasteiger partial charge in [-0.25, -0.2) is 9.59 Å². The van der Waals surface area contributed by atoms with E-state index in [0.29, 0.717) is 12.0 Å². The fraction of sp³-hybridized carbons (Fsp3) is 0.692. The molecule has 110 valence electrons. The van der Waals surface area contributed by atoms with Crippen LogP contribution in [0.15, 0.2) is 11.8 Å². The number of amides is 1. The van der Waals surface area contributed by atoms with Crippen LogP contribution in [0.3, 0.4) is 0 Å². The van der Waals surface area contributed by atoms with E-state index >= 15 is 0 Å². The minimum Gasteiger partial charge on any atom is -0.466 e. The molecule has 7 heteroatoms. The molecule has 1 saturated carbocycles. The Morgan fingerprint density at radius 2 is 2.25 bits per heavy atom. The number of hydrogen-bond acceptors (Lipinski definition) is 6. The van der Waals surface area contributed by atoms with Crippen molar-refractivity contribution in [3.05, 3.63) is 11.8 Å². The molecule has 0 aromatic carbocycles. The van der Waals surface area contributed by atoms with Crippen LogP contribution in [-0.4, -0.2) is 44.2 Å². The van der Waals surface area contributed by atoms with E-state index in [4.69, 9.17) is 18.9 Å². The van der Waals surface area contributed by atoms with E-state index < -0.39 is 24.0 Å². The number of rotatable bonds is 2. The summed E-state index contributed by atoms with van der Waals surface area (Å²) in [6.07, 6.45) is 0.790. The van der Waals surface area contributed by atoms with Gasteiger partial charge < -0.3 is 24.3 Å². The van der Waals surface area contributed by atoms with E-state index in [2.05, 4.69) is 5.32 Å².